The van der Waals surface area contributed by atoms with Crippen LogP contribution in [0.3, 0.4) is 0 Å². The molecule has 0 aromatic rings. The predicted octanol–water partition coefficient (Wildman–Crippen LogP) is 3.43. The summed E-state index contributed by atoms with van der Waals surface area (Å²) in [5.41, 5.74) is 1.70. The van der Waals surface area contributed by atoms with Gasteiger partial charge >= 0.3 is 0 Å². The predicted molar refractivity (Wildman–Crippen MR) is 56.7 cm³/mol. The van der Waals surface area contributed by atoms with E-state index in [1.54, 1.807) is 5.57 Å². The van der Waals surface area contributed by atoms with E-state index in [2.05, 4.69) is 6.08 Å². The lowest BCUT2D eigenvalue weighted by Gasteiger charge is -1.98. The largest absolute Gasteiger partial charge is 0.396 e. The first-order valence-corrected chi connectivity index (χ1v) is 5.72. The Labute approximate surface area is 81.9 Å². The van der Waals surface area contributed by atoms with Crippen molar-refractivity contribution in [2.45, 2.75) is 57.8 Å². The maximum atomic E-state index is 8.58. The van der Waals surface area contributed by atoms with Gasteiger partial charge in [-0.25, -0.2) is 0 Å². The van der Waals surface area contributed by atoms with Crippen LogP contribution in [0, 0.1) is 0 Å². The molecule has 0 radical (unpaired) electrons. The van der Waals surface area contributed by atoms with Crippen molar-refractivity contribution in [2.24, 2.45) is 0 Å². The van der Waals surface area contributed by atoms with Crippen molar-refractivity contribution in [3.05, 3.63) is 11.6 Å². The number of aliphatic hydroxyl groups is 1. The van der Waals surface area contributed by atoms with Crippen LogP contribution >= 0.6 is 0 Å². The van der Waals surface area contributed by atoms with E-state index >= 15 is 0 Å². The maximum Gasteiger partial charge on any atom is 0.0431 e. The van der Waals surface area contributed by atoms with E-state index < -0.39 is 0 Å². The second kappa shape index (κ2) is 7.14. The van der Waals surface area contributed by atoms with E-state index in [4.69, 9.17) is 5.11 Å². The Morgan fingerprint density at radius 2 is 1.69 bits per heavy atom. The highest BCUT2D eigenvalue weighted by Gasteiger charge is 2.04. The molecule has 1 aliphatic rings. The molecular formula is C12H22O. The number of hydrogen-bond acceptors (Lipinski definition) is 1. The van der Waals surface area contributed by atoms with Gasteiger partial charge in [-0.3, -0.25) is 0 Å². The Kier molecular flexibility index (Phi) is 5.92. The monoisotopic (exact) mass is 182 g/mol. The Balaban J connectivity index is 1.91. The molecule has 1 nitrogen and oxygen atoms in total. The third kappa shape index (κ3) is 5.09. The third-order valence-corrected chi connectivity index (χ3v) is 2.79. The Hall–Kier alpha value is -0.300. The van der Waals surface area contributed by atoms with Crippen molar-refractivity contribution in [1.29, 1.82) is 0 Å². The van der Waals surface area contributed by atoms with Crippen LogP contribution in [0.2, 0.25) is 0 Å². The molecule has 0 saturated heterocycles. The number of hydrogen-bond donors (Lipinski definition) is 1. The van der Waals surface area contributed by atoms with Gasteiger partial charge in [0.05, 0.1) is 0 Å². The molecule has 0 aliphatic heterocycles. The van der Waals surface area contributed by atoms with Gasteiger partial charge in [0, 0.05) is 6.61 Å². The molecule has 0 bridgehead atoms. The molecule has 0 atom stereocenters. The van der Waals surface area contributed by atoms with Crippen molar-refractivity contribution < 1.29 is 5.11 Å². The molecule has 1 rings (SSSR count). The molecule has 1 saturated carbocycles. The van der Waals surface area contributed by atoms with Gasteiger partial charge in [-0.05, 0) is 44.9 Å². The van der Waals surface area contributed by atoms with Crippen molar-refractivity contribution in [3.8, 4) is 0 Å². The lowest BCUT2D eigenvalue weighted by molar-refractivity contribution is 0.282. The van der Waals surface area contributed by atoms with Gasteiger partial charge in [-0.2, -0.15) is 0 Å². The SMILES string of the molecule is OCCCCCCC=C1CCCC1. The molecule has 13 heavy (non-hydrogen) atoms. The minimum atomic E-state index is 0.362. The summed E-state index contributed by atoms with van der Waals surface area (Å²) in [6.45, 7) is 0.362. The minimum Gasteiger partial charge on any atom is -0.396 e. The van der Waals surface area contributed by atoms with E-state index in [0.717, 1.165) is 6.42 Å². The molecule has 1 aliphatic carbocycles. The molecule has 1 N–H and O–H groups in total. The summed E-state index contributed by atoms with van der Waals surface area (Å²) in [7, 11) is 0. The maximum absolute atomic E-state index is 8.58. The highest BCUT2D eigenvalue weighted by atomic mass is 16.2. The topological polar surface area (TPSA) is 20.2 Å². The van der Waals surface area contributed by atoms with Crippen LogP contribution in [0.25, 0.3) is 0 Å². The highest BCUT2D eigenvalue weighted by Crippen LogP contribution is 2.24. The van der Waals surface area contributed by atoms with Gasteiger partial charge in [0.25, 0.3) is 0 Å². The van der Waals surface area contributed by atoms with E-state index in [0.29, 0.717) is 6.61 Å². The molecule has 76 valence electrons. The zero-order valence-corrected chi connectivity index (χ0v) is 8.60. The summed E-state index contributed by atoms with van der Waals surface area (Å²) >= 11 is 0. The van der Waals surface area contributed by atoms with Crippen molar-refractivity contribution in [1.82, 2.24) is 0 Å². The summed E-state index contributed by atoms with van der Waals surface area (Å²) in [6, 6.07) is 0. The lowest BCUT2D eigenvalue weighted by Crippen LogP contribution is -1.83. The van der Waals surface area contributed by atoms with E-state index in [1.807, 2.05) is 0 Å². The second-order valence-electron chi connectivity index (χ2n) is 4.00. The second-order valence-corrected chi connectivity index (χ2v) is 4.00. The van der Waals surface area contributed by atoms with Gasteiger partial charge < -0.3 is 5.11 Å². The van der Waals surface area contributed by atoms with Crippen LogP contribution in [-0.4, -0.2) is 11.7 Å². The number of rotatable bonds is 6. The molecule has 0 unspecified atom stereocenters. The molecule has 0 heterocycles. The quantitative estimate of drug-likeness (QED) is 0.493. The summed E-state index contributed by atoms with van der Waals surface area (Å²) in [6.07, 6.45) is 14.0. The van der Waals surface area contributed by atoms with Crippen LogP contribution in [0.1, 0.15) is 57.8 Å². The van der Waals surface area contributed by atoms with E-state index in [1.165, 1.54) is 51.4 Å². The number of unbranched alkanes of at least 4 members (excludes halogenated alkanes) is 4. The molecule has 0 spiro atoms. The van der Waals surface area contributed by atoms with Gasteiger partial charge in [0.1, 0.15) is 0 Å². The Morgan fingerprint density at radius 3 is 2.38 bits per heavy atom. The number of allylic oxidation sites excluding steroid dienone is 2. The summed E-state index contributed by atoms with van der Waals surface area (Å²) < 4.78 is 0. The summed E-state index contributed by atoms with van der Waals surface area (Å²) in [4.78, 5) is 0. The Bertz CT molecular complexity index is 141. The Morgan fingerprint density at radius 1 is 1.00 bits per heavy atom. The van der Waals surface area contributed by atoms with Crippen molar-refractivity contribution in [3.63, 3.8) is 0 Å². The molecular weight excluding hydrogens is 160 g/mol. The average molecular weight is 182 g/mol. The first-order valence-electron chi connectivity index (χ1n) is 5.72. The lowest BCUT2D eigenvalue weighted by atomic mass is 10.1. The van der Waals surface area contributed by atoms with Crippen LogP contribution in [0.5, 0.6) is 0 Å². The molecule has 1 fully saturated rings. The van der Waals surface area contributed by atoms with Crippen LogP contribution in [-0.2, 0) is 0 Å². The average Bonchev–Trinajstić information content (AvgIpc) is 2.63. The van der Waals surface area contributed by atoms with Gasteiger partial charge in [-0.15, -0.1) is 0 Å². The fourth-order valence-electron chi connectivity index (χ4n) is 1.95. The zero-order chi connectivity index (χ0) is 9.36. The standard InChI is InChI=1S/C12H22O/c13-11-7-3-1-2-4-8-12-9-5-6-10-12/h8,13H,1-7,9-11H2. The van der Waals surface area contributed by atoms with Crippen molar-refractivity contribution >= 4 is 0 Å². The third-order valence-electron chi connectivity index (χ3n) is 2.79. The van der Waals surface area contributed by atoms with Crippen molar-refractivity contribution in [2.75, 3.05) is 6.61 Å². The first-order chi connectivity index (χ1) is 6.43. The van der Waals surface area contributed by atoms with E-state index in [9.17, 15) is 0 Å². The number of aliphatic hydroxyl groups excluding tert-OH is 1. The highest BCUT2D eigenvalue weighted by molar-refractivity contribution is 5.05. The first kappa shape index (κ1) is 10.8. The fourth-order valence-corrected chi connectivity index (χ4v) is 1.95. The van der Waals surface area contributed by atoms with Gasteiger partial charge in [0.15, 0.2) is 0 Å². The molecule has 1 heteroatoms. The minimum absolute atomic E-state index is 0.362. The van der Waals surface area contributed by atoms with Crippen LogP contribution in [0.15, 0.2) is 11.6 Å². The van der Waals surface area contributed by atoms with E-state index in [-0.39, 0.29) is 0 Å². The summed E-state index contributed by atoms with van der Waals surface area (Å²) in [5, 5.41) is 8.58. The smallest absolute Gasteiger partial charge is 0.0431 e. The normalized spacial score (nSPS) is 16.5. The molecule has 0 aromatic carbocycles. The molecule has 0 aromatic heterocycles. The van der Waals surface area contributed by atoms with Crippen LogP contribution in [0.4, 0.5) is 0 Å². The molecule has 0 amide bonds. The fraction of sp³-hybridized carbons (Fsp3) is 0.833. The van der Waals surface area contributed by atoms with Crippen LogP contribution < -0.4 is 0 Å². The zero-order valence-electron chi connectivity index (χ0n) is 8.60. The van der Waals surface area contributed by atoms with Gasteiger partial charge in [0.2, 0.25) is 0 Å². The van der Waals surface area contributed by atoms with Gasteiger partial charge in [-0.1, -0.05) is 24.5 Å². The summed E-state index contributed by atoms with van der Waals surface area (Å²) in [5.74, 6) is 0.